The molecular weight excluding hydrogens is 307 g/mol. The lowest BCUT2D eigenvalue weighted by molar-refractivity contribution is 0.180. The molecule has 0 spiro atoms. The molecule has 4 heteroatoms. The number of para-hydroxylation sites is 1. The topological polar surface area (TPSA) is 35.5 Å². The fraction of sp³-hybridized carbons (Fsp3) is 0.684. The second-order valence-electron chi connectivity index (χ2n) is 6.63. The highest BCUT2D eigenvalue weighted by molar-refractivity contribution is 7.54. The molecule has 130 valence electrons. The van der Waals surface area contributed by atoms with E-state index in [0.717, 1.165) is 25.7 Å². The Kier molecular flexibility index (Phi) is 8.19. The smallest absolute Gasteiger partial charge is 0.379 e. The van der Waals surface area contributed by atoms with E-state index in [1.165, 1.54) is 38.5 Å². The molecule has 0 aromatic heterocycles. The van der Waals surface area contributed by atoms with Gasteiger partial charge >= 0.3 is 7.60 Å². The fourth-order valence-corrected chi connectivity index (χ4v) is 5.01. The van der Waals surface area contributed by atoms with E-state index in [-0.39, 0.29) is 6.10 Å². The van der Waals surface area contributed by atoms with E-state index in [0.29, 0.717) is 11.9 Å². The van der Waals surface area contributed by atoms with Crippen molar-refractivity contribution in [2.24, 2.45) is 0 Å². The number of benzene rings is 1. The lowest BCUT2D eigenvalue weighted by Crippen LogP contribution is -2.12. The molecule has 3 nitrogen and oxygen atoms in total. The van der Waals surface area contributed by atoms with E-state index in [1.54, 1.807) is 0 Å². The van der Waals surface area contributed by atoms with Gasteiger partial charge < -0.3 is 4.52 Å². The summed E-state index contributed by atoms with van der Waals surface area (Å²) in [6.45, 7) is 2.02. The predicted octanol–water partition coefficient (Wildman–Crippen LogP) is 6.58. The molecule has 1 fully saturated rings. The van der Waals surface area contributed by atoms with Crippen LogP contribution in [0.2, 0.25) is 0 Å². The van der Waals surface area contributed by atoms with Crippen molar-refractivity contribution in [3.8, 4) is 5.75 Å². The molecule has 0 aliphatic carbocycles. The summed E-state index contributed by atoms with van der Waals surface area (Å²) in [5.41, 5.74) is 0. The zero-order valence-corrected chi connectivity index (χ0v) is 15.3. The third kappa shape index (κ3) is 7.54. The third-order valence-electron chi connectivity index (χ3n) is 4.37. The Morgan fingerprint density at radius 3 is 2.13 bits per heavy atom. The maximum absolute atomic E-state index is 13.2. The van der Waals surface area contributed by atoms with Crippen molar-refractivity contribution in [2.45, 2.75) is 77.2 Å². The molecule has 0 amide bonds. The van der Waals surface area contributed by atoms with Crippen molar-refractivity contribution in [1.82, 2.24) is 0 Å². The second kappa shape index (κ2) is 10.2. The molecule has 0 saturated carbocycles. The van der Waals surface area contributed by atoms with Gasteiger partial charge in [0.15, 0.2) is 0 Å². The molecule has 0 N–H and O–H groups in total. The first-order chi connectivity index (χ1) is 11.2. The third-order valence-corrected chi connectivity index (χ3v) is 6.40. The molecule has 2 rings (SSSR count). The largest absolute Gasteiger partial charge is 0.424 e. The van der Waals surface area contributed by atoms with E-state index < -0.39 is 7.60 Å². The zero-order chi connectivity index (χ0) is 16.4. The van der Waals surface area contributed by atoms with Crippen molar-refractivity contribution in [3.05, 3.63) is 30.3 Å². The number of hydrogen-bond donors (Lipinski definition) is 0. The summed E-state index contributed by atoms with van der Waals surface area (Å²) in [6.07, 6.45) is 12.4. The van der Waals surface area contributed by atoms with Gasteiger partial charge in [0.1, 0.15) is 5.75 Å². The van der Waals surface area contributed by atoms with E-state index in [2.05, 4.69) is 0 Å². The van der Waals surface area contributed by atoms with Gasteiger partial charge in [0, 0.05) is 0 Å². The van der Waals surface area contributed by atoms with Gasteiger partial charge in [-0.05, 0) is 31.9 Å². The molecule has 1 aliphatic rings. The minimum atomic E-state index is -3.07. The van der Waals surface area contributed by atoms with E-state index in [9.17, 15) is 4.57 Å². The summed E-state index contributed by atoms with van der Waals surface area (Å²) in [4.78, 5) is 0. The molecule has 1 aromatic rings. The Morgan fingerprint density at radius 2 is 1.48 bits per heavy atom. The zero-order valence-electron chi connectivity index (χ0n) is 14.4. The van der Waals surface area contributed by atoms with Gasteiger partial charge in [0.2, 0.25) is 0 Å². The number of hydrogen-bond acceptors (Lipinski definition) is 3. The monoisotopic (exact) mass is 338 g/mol. The van der Waals surface area contributed by atoms with Crippen molar-refractivity contribution in [2.75, 3.05) is 6.16 Å². The fourth-order valence-electron chi connectivity index (χ4n) is 3.06. The van der Waals surface area contributed by atoms with E-state index >= 15 is 0 Å². The summed E-state index contributed by atoms with van der Waals surface area (Å²) in [5, 5.41) is 0. The maximum atomic E-state index is 13.2. The highest BCUT2D eigenvalue weighted by Gasteiger charge is 2.28. The Morgan fingerprint density at radius 1 is 0.913 bits per heavy atom. The van der Waals surface area contributed by atoms with Gasteiger partial charge in [-0.15, -0.1) is 0 Å². The van der Waals surface area contributed by atoms with Crippen molar-refractivity contribution >= 4 is 7.60 Å². The van der Waals surface area contributed by atoms with Crippen LogP contribution in [0.3, 0.4) is 0 Å². The summed E-state index contributed by atoms with van der Waals surface area (Å²) < 4.78 is 24.9. The van der Waals surface area contributed by atoms with Crippen LogP contribution >= 0.6 is 7.60 Å². The molecule has 23 heavy (non-hydrogen) atoms. The van der Waals surface area contributed by atoms with Crippen molar-refractivity contribution in [1.29, 1.82) is 0 Å². The SMILES string of the molecule is C[C@H]1CCCCCCCCCCCP(=O)(Oc2ccccc2)O1. The molecule has 1 aromatic carbocycles. The van der Waals surface area contributed by atoms with Gasteiger partial charge in [-0.3, -0.25) is 4.52 Å². The first kappa shape index (κ1) is 18.5. The molecule has 1 aliphatic heterocycles. The molecule has 0 radical (unpaired) electrons. The Labute approximate surface area is 141 Å². The van der Waals surface area contributed by atoms with Gasteiger partial charge in [0.05, 0.1) is 12.3 Å². The molecule has 1 saturated heterocycles. The number of rotatable bonds is 2. The Balaban J connectivity index is 1.98. The van der Waals surface area contributed by atoms with Crippen LogP contribution in [0.1, 0.15) is 71.1 Å². The first-order valence-corrected chi connectivity index (χ1v) is 10.9. The summed E-state index contributed by atoms with van der Waals surface area (Å²) in [5.74, 6) is 0.643. The molecular formula is C19H31O3P. The summed E-state index contributed by atoms with van der Waals surface area (Å²) >= 11 is 0. The lowest BCUT2D eigenvalue weighted by Gasteiger charge is -2.23. The Hall–Kier alpha value is -0.790. The van der Waals surface area contributed by atoms with Crippen LogP contribution in [0.5, 0.6) is 5.75 Å². The minimum absolute atomic E-state index is 0.00696. The molecule has 0 bridgehead atoms. The van der Waals surface area contributed by atoms with Crippen LogP contribution in [0.15, 0.2) is 30.3 Å². The quantitative estimate of drug-likeness (QED) is 0.571. The lowest BCUT2D eigenvalue weighted by atomic mass is 10.1. The van der Waals surface area contributed by atoms with Gasteiger partial charge in [-0.1, -0.05) is 69.6 Å². The molecule has 1 unspecified atom stereocenters. The van der Waals surface area contributed by atoms with Crippen LogP contribution in [-0.2, 0) is 9.09 Å². The van der Waals surface area contributed by atoms with Crippen molar-refractivity contribution in [3.63, 3.8) is 0 Å². The highest BCUT2D eigenvalue weighted by atomic mass is 31.2. The predicted molar refractivity (Wildman–Crippen MR) is 96.3 cm³/mol. The van der Waals surface area contributed by atoms with Crippen LogP contribution < -0.4 is 4.52 Å². The molecule has 1 heterocycles. The summed E-state index contributed by atoms with van der Waals surface area (Å²) in [6, 6.07) is 9.42. The van der Waals surface area contributed by atoms with Crippen LogP contribution in [0, 0.1) is 0 Å². The van der Waals surface area contributed by atoms with Crippen molar-refractivity contribution < 1.29 is 13.6 Å². The first-order valence-electron chi connectivity index (χ1n) is 9.20. The molecule has 2 atom stereocenters. The Bertz CT molecular complexity index is 475. The highest BCUT2D eigenvalue weighted by Crippen LogP contribution is 2.50. The average Bonchev–Trinajstić information content (AvgIpc) is 2.53. The van der Waals surface area contributed by atoms with Gasteiger partial charge in [-0.25, -0.2) is 4.57 Å². The summed E-state index contributed by atoms with van der Waals surface area (Å²) in [7, 11) is -3.07. The van der Waals surface area contributed by atoms with Gasteiger partial charge in [-0.2, -0.15) is 0 Å². The van der Waals surface area contributed by atoms with Crippen LogP contribution in [0.25, 0.3) is 0 Å². The van der Waals surface area contributed by atoms with Gasteiger partial charge in [0.25, 0.3) is 0 Å². The second-order valence-corrected chi connectivity index (χ2v) is 8.69. The average molecular weight is 338 g/mol. The van der Waals surface area contributed by atoms with Crippen LogP contribution in [0.4, 0.5) is 0 Å². The van der Waals surface area contributed by atoms with Crippen LogP contribution in [-0.4, -0.2) is 12.3 Å². The van der Waals surface area contributed by atoms with E-state index in [4.69, 9.17) is 9.05 Å². The van der Waals surface area contributed by atoms with E-state index in [1.807, 2.05) is 37.3 Å². The standard InChI is InChI=1S/C19H31O3P/c1-18-14-10-7-5-3-2-4-6-8-13-17-23(20,21-18)22-19-15-11-9-12-16-19/h9,11-12,15-16,18H,2-8,10,13-14,17H2,1H3/t18-,23?/m0/s1. The minimum Gasteiger partial charge on any atom is -0.424 e. The normalized spacial score (nSPS) is 28.7. The maximum Gasteiger partial charge on any atom is 0.379 e.